The SMILES string of the molecule is CCNC(=NCC(C)(C)c1ccccc1)NCCc1nc(C(C)C)no1.I. The quantitative estimate of drug-likeness (QED) is 0.337. The van der Waals surface area contributed by atoms with E-state index in [9.17, 15) is 0 Å². The predicted octanol–water partition coefficient (Wildman–Crippen LogP) is 3.89. The molecule has 0 fully saturated rings. The summed E-state index contributed by atoms with van der Waals surface area (Å²) in [5, 5.41) is 10.6. The molecule has 150 valence electrons. The number of aromatic nitrogens is 2. The third-order valence-electron chi connectivity index (χ3n) is 4.16. The summed E-state index contributed by atoms with van der Waals surface area (Å²) in [6.45, 7) is 12.8. The fourth-order valence-electron chi connectivity index (χ4n) is 2.49. The van der Waals surface area contributed by atoms with E-state index in [1.165, 1.54) is 5.56 Å². The van der Waals surface area contributed by atoms with Gasteiger partial charge in [0, 0.05) is 30.8 Å². The standard InChI is InChI=1S/C20H31N5O.HI/c1-6-21-19(22-13-12-17-24-18(15(2)3)25-26-17)23-14-20(4,5)16-10-8-7-9-11-16;/h7-11,15H,6,12-14H2,1-5H3,(H2,21,22,23);1H. The van der Waals surface area contributed by atoms with Crippen LogP contribution < -0.4 is 10.6 Å². The molecule has 0 spiro atoms. The van der Waals surface area contributed by atoms with Gasteiger partial charge in [0.15, 0.2) is 11.8 Å². The van der Waals surface area contributed by atoms with Crippen molar-refractivity contribution in [3.8, 4) is 0 Å². The van der Waals surface area contributed by atoms with Crippen LogP contribution in [0, 0.1) is 0 Å². The lowest BCUT2D eigenvalue weighted by molar-refractivity contribution is 0.371. The Hall–Kier alpha value is -1.64. The molecule has 0 saturated heterocycles. The summed E-state index contributed by atoms with van der Waals surface area (Å²) in [7, 11) is 0. The van der Waals surface area contributed by atoms with Gasteiger partial charge >= 0.3 is 0 Å². The van der Waals surface area contributed by atoms with Gasteiger partial charge in [-0.2, -0.15) is 4.98 Å². The molecule has 2 aromatic rings. The Kier molecular flexibility index (Phi) is 9.76. The minimum atomic E-state index is -0.0255. The van der Waals surface area contributed by atoms with Crippen molar-refractivity contribution in [3.05, 3.63) is 47.6 Å². The highest BCUT2D eigenvalue weighted by Crippen LogP contribution is 2.22. The lowest BCUT2D eigenvalue weighted by Gasteiger charge is -2.23. The highest BCUT2D eigenvalue weighted by atomic mass is 127. The Labute approximate surface area is 179 Å². The molecule has 7 heteroatoms. The van der Waals surface area contributed by atoms with Gasteiger partial charge in [-0.1, -0.05) is 63.2 Å². The lowest BCUT2D eigenvalue weighted by atomic mass is 9.85. The van der Waals surface area contributed by atoms with E-state index in [0.717, 1.165) is 18.3 Å². The predicted molar refractivity (Wildman–Crippen MR) is 121 cm³/mol. The minimum Gasteiger partial charge on any atom is -0.357 e. The summed E-state index contributed by atoms with van der Waals surface area (Å²) in [6, 6.07) is 10.5. The zero-order chi connectivity index (χ0) is 19.0. The number of halogens is 1. The molecule has 0 atom stereocenters. The van der Waals surface area contributed by atoms with E-state index in [1.807, 2.05) is 6.07 Å². The van der Waals surface area contributed by atoms with E-state index >= 15 is 0 Å². The largest absolute Gasteiger partial charge is 0.357 e. The molecule has 27 heavy (non-hydrogen) atoms. The van der Waals surface area contributed by atoms with Gasteiger partial charge in [0.25, 0.3) is 0 Å². The third-order valence-corrected chi connectivity index (χ3v) is 4.16. The second-order valence-corrected chi connectivity index (χ2v) is 7.32. The first-order valence-corrected chi connectivity index (χ1v) is 9.32. The Morgan fingerprint density at radius 1 is 1.19 bits per heavy atom. The van der Waals surface area contributed by atoms with E-state index in [2.05, 4.69) is 79.7 Å². The summed E-state index contributed by atoms with van der Waals surface area (Å²) >= 11 is 0. The molecule has 1 aromatic carbocycles. The van der Waals surface area contributed by atoms with Crippen molar-refractivity contribution < 1.29 is 4.52 Å². The first-order valence-electron chi connectivity index (χ1n) is 9.32. The van der Waals surface area contributed by atoms with Gasteiger partial charge in [-0.15, -0.1) is 24.0 Å². The zero-order valence-corrected chi connectivity index (χ0v) is 19.3. The molecule has 0 unspecified atom stereocenters. The van der Waals surface area contributed by atoms with Crippen molar-refractivity contribution in [2.24, 2.45) is 4.99 Å². The van der Waals surface area contributed by atoms with E-state index in [0.29, 0.717) is 25.4 Å². The highest BCUT2D eigenvalue weighted by molar-refractivity contribution is 14.0. The summed E-state index contributed by atoms with van der Waals surface area (Å²) in [6.07, 6.45) is 0.673. The van der Waals surface area contributed by atoms with Crippen molar-refractivity contribution in [2.45, 2.75) is 52.4 Å². The van der Waals surface area contributed by atoms with Crippen LogP contribution in [0.1, 0.15) is 57.8 Å². The molecule has 0 bridgehead atoms. The number of hydrogen-bond acceptors (Lipinski definition) is 4. The molecule has 1 aromatic heterocycles. The number of benzene rings is 1. The van der Waals surface area contributed by atoms with Crippen LogP contribution in [-0.2, 0) is 11.8 Å². The highest BCUT2D eigenvalue weighted by Gasteiger charge is 2.20. The van der Waals surface area contributed by atoms with Crippen LogP contribution in [0.2, 0.25) is 0 Å². The maximum Gasteiger partial charge on any atom is 0.228 e. The van der Waals surface area contributed by atoms with Crippen LogP contribution in [0.25, 0.3) is 0 Å². The molecule has 0 amide bonds. The van der Waals surface area contributed by atoms with Crippen LogP contribution >= 0.6 is 24.0 Å². The number of aliphatic imine (C=N–C) groups is 1. The van der Waals surface area contributed by atoms with Gasteiger partial charge < -0.3 is 15.2 Å². The monoisotopic (exact) mass is 485 g/mol. The Morgan fingerprint density at radius 2 is 1.89 bits per heavy atom. The average Bonchev–Trinajstić information content (AvgIpc) is 3.10. The topological polar surface area (TPSA) is 75.3 Å². The molecule has 2 rings (SSSR count). The molecule has 0 saturated carbocycles. The van der Waals surface area contributed by atoms with E-state index in [-0.39, 0.29) is 35.3 Å². The van der Waals surface area contributed by atoms with Gasteiger partial charge in [0.05, 0.1) is 6.54 Å². The number of nitrogens with one attached hydrogen (secondary N) is 2. The Balaban J connectivity index is 0.00000364. The van der Waals surface area contributed by atoms with Crippen LogP contribution in [-0.4, -0.2) is 35.7 Å². The number of nitrogens with zero attached hydrogens (tertiary/aromatic N) is 3. The van der Waals surface area contributed by atoms with Crippen molar-refractivity contribution in [3.63, 3.8) is 0 Å². The maximum atomic E-state index is 5.28. The van der Waals surface area contributed by atoms with Crippen LogP contribution in [0.5, 0.6) is 0 Å². The second-order valence-electron chi connectivity index (χ2n) is 7.32. The molecule has 0 aliphatic carbocycles. The Bertz CT molecular complexity index is 697. The first kappa shape index (κ1) is 23.4. The number of guanidine groups is 1. The van der Waals surface area contributed by atoms with Crippen molar-refractivity contribution >= 4 is 29.9 Å². The Morgan fingerprint density at radius 3 is 2.48 bits per heavy atom. The van der Waals surface area contributed by atoms with Gasteiger partial charge in [-0.25, -0.2) is 0 Å². The molecular weight excluding hydrogens is 453 g/mol. The molecular formula is C20H32IN5O. The second kappa shape index (κ2) is 11.3. The summed E-state index contributed by atoms with van der Waals surface area (Å²) in [5.74, 6) is 2.49. The molecule has 0 aliphatic rings. The van der Waals surface area contributed by atoms with E-state index < -0.39 is 0 Å². The van der Waals surface area contributed by atoms with E-state index in [1.54, 1.807) is 0 Å². The van der Waals surface area contributed by atoms with Crippen LogP contribution in [0.3, 0.4) is 0 Å². The van der Waals surface area contributed by atoms with Crippen molar-refractivity contribution in [2.75, 3.05) is 19.6 Å². The summed E-state index contributed by atoms with van der Waals surface area (Å²) in [5.41, 5.74) is 1.26. The fourth-order valence-corrected chi connectivity index (χ4v) is 2.49. The zero-order valence-electron chi connectivity index (χ0n) is 17.0. The molecule has 2 N–H and O–H groups in total. The molecule has 1 heterocycles. The van der Waals surface area contributed by atoms with E-state index in [4.69, 9.17) is 9.52 Å². The third kappa shape index (κ3) is 7.48. The van der Waals surface area contributed by atoms with Gasteiger partial charge in [0.1, 0.15) is 0 Å². The van der Waals surface area contributed by atoms with Gasteiger partial charge in [-0.3, -0.25) is 4.99 Å². The summed E-state index contributed by atoms with van der Waals surface area (Å²) in [4.78, 5) is 9.15. The number of hydrogen-bond donors (Lipinski definition) is 2. The average molecular weight is 485 g/mol. The minimum absolute atomic E-state index is 0. The molecule has 6 nitrogen and oxygen atoms in total. The van der Waals surface area contributed by atoms with Crippen LogP contribution in [0.15, 0.2) is 39.8 Å². The molecule has 0 radical (unpaired) electrons. The van der Waals surface area contributed by atoms with Gasteiger partial charge in [-0.05, 0) is 12.5 Å². The van der Waals surface area contributed by atoms with Crippen molar-refractivity contribution in [1.29, 1.82) is 0 Å². The molecule has 0 aliphatic heterocycles. The van der Waals surface area contributed by atoms with Crippen LogP contribution in [0.4, 0.5) is 0 Å². The number of rotatable bonds is 8. The normalized spacial score (nSPS) is 12.0. The maximum absolute atomic E-state index is 5.28. The first-order chi connectivity index (χ1) is 12.4. The van der Waals surface area contributed by atoms with Crippen molar-refractivity contribution in [1.82, 2.24) is 20.8 Å². The summed E-state index contributed by atoms with van der Waals surface area (Å²) < 4.78 is 5.28. The smallest absolute Gasteiger partial charge is 0.228 e. The lowest BCUT2D eigenvalue weighted by Crippen LogP contribution is -2.39. The fraction of sp³-hybridized carbons (Fsp3) is 0.550. The van der Waals surface area contributed by atoms with Gasteiger partial charge in [0.2, 0.25) is 5.89 Å².